The lowest BCUT2D eigenvalue weighted by molar-refractivity contribution is -0.137. The molecule has 0 fully saturated rings. The molecule has 1 aliphatic rings. The van der Waals surface area contributed by atoms with Crippen molar-refractivity contribution in [3.8, 4) is 0 Å². The predicted molar refractivity (Wildman–Crippen MR) is 101 cm³/mol. The molecule has 31 heavy (non-hydrogen) atoms. The van der Waals surface area contributed by atoms with Crippen LogP contribution in [0.2, 0.25) is 0 Å². The lowest BCUT2D eigenvalue weighted by Crippen LogP contribution is -2.37. The zero-order valence-corrected chi connectivity index (χ0v) is 15.8. The molecule has 0 saturated heterocycles. The number of aromatic nitrogens is 5. The van der Waals surface area contributed by atoms with Gasteiger partial charge in [0.2, 0.25) is 0 Å². The molecule has 0 unspecified atom stereocenters. The number of anilines is 1. The van der Waals surface area contributed by atoms with Gasteiger partial charge in [0.05, 0.1) is 28.8 Å². The van der Waals surface area contributed by atoms with Crippen LogP contribution < -0.4 is 4.90 Å². The zero-order chi connectivity index (χ0) is 21.8. The standard InChI is InChI=1S/C20H15F5N6/c21-19(22)12-2-1-6-31-15(12)8-14(29-31)18-17-13(27-10-28-17)5-7-30(18)16-4-3-11(9-26-16)20(23,24)25/h1-4,6,8-10,18-19H,5,7H2,(H,27,28)/t18-/m1/s1. The number of imidazole rings is 1. The minimum Gasteiger partial charge on any atom is -0.348 e. The number of halogens is 5. The molecular weight excluding hydrogens is 419 g/mol. The zero-order valence-electron chi connectivity index (χ0n) is 15.8. The Morgan fingerprint density at radius 1 is 1.13 bits per heavy atom. The van der Waals surface area contributed by atoms with Gasteiger partial charge in [0.25, 0.3) is 6.43 Å². The van der Waals surface area contributed by atoms with Gasteiger partial charge in [-0.2, -0.15) is 18.3 Å². The maximum Gasteiger partial charge on any atom is 0.417 e. The fourth-order valence-electron chi connectivity index (χ4n) is 3.92. The summed E-state index contributed by atoms with van der Waals surface area (Å²) in [4.78, 5) is 13.2. The maximum atomic E-state index is 13.4. The second-order valence-electron chi connectivity index (χ2n) is 7.18. The minimum atomic E-state index is -4.49. The first-order valence-electron chi connectivity index (χ1n) is 9.41. The third-order valence-corrected chi connectivity index (χ3v) is 5.36. The van der Waals surface area contributed by atoms with E-state index in [9.17, 15) is 22.0 Å². The molecular formula is C20H15F5N6. The number of hydrogen-bond donors (Lipinski definition) is 1. The highest BCUT2D eigenvalue weighted by Crippen LogP contribution is 2.37. The van der Waals surface area contributed by atoms with E-state index in [0.717, 1.165) is 18.0 Å². The van der Waals surface area contributed by atoms with Gasteiger partial charge in [0, 0.05) is 36.6 Å². The van der Waals surface area contributed by atoms with Gasteiger partial charge in [-0.05, 0) is 30.3 Å². The fraction of sp³-hybridized carbons (Fsp3) is 0.250. The van der Waals surface area contributed by atoms with E-state index in [0.29, 0.717) is 30.2 Å². The smallest absolute Gasteiger partial charge is 0.348 e. The second-order valence-corrected chi connectivity index (χ2v) is 7.18. The number of nitrogens with one attached hydrogen (secondary N) is 1. The molecule has 5 heterocycles. The Morgan fingerprint density at radius 2 is 1.97 bits per heavy atom. The van der Waals surface area contributed by atoms with E-state index in [1.807, 2.05) is 0 Å². The Morgan fingerprint density at radius 3 is 2.68 bits per heavy atom. The molecule has 4 aromatic heterocycles. The third kappa shape index (κ3) is 3.29. The monoisotopic (exact) mass is 434 g/mol. The van der Waals surface area contributed by atoms with Crippen molar-refractivity contribution in [2.45, 2.75) is 25.1 Å². The molecule has 0 amide bonds. The number of fused-ring (bicyclic) bond motifs is 2. The summed E-state index contributed by atoms with van der Waals surface area (Å²) < 4.78 is 67.1. The van der Waals surface area contributed by atoms with Gasteiger partial charge in [-0.3, -0.25) is 0 Å². The first-order valence-corrected chi connectivity index (χ1v) is 9.41. The largest absolute Gasteiger partial charge is 0.417 e. The minimum absolute atomic E-state index is 0.154. The lowest BCUT2D eigenvalue weighted by atomic mass is 9.99. The Bertz CT molecular complexity index is 1230. The van der Waals surface area contributed by atoms with Crippen LogP contribution in [0.15, 0.2) is 49.1 Å². The highest BCUT2D eigenvalue weighted by Gasteiger charge is 2.35. The number of nitrogens with zero attached hydrogens (tertiary/aromatic N) is 5. The number of aromatic amines is 1. The lowest BCUT2D eigenvalue weighted by Gasteiger charge is -2.35. The number of rotatable bonds is 3. The summed E-state index contributed by atoms with van der Waals surface area (Å²) in [5.74, 6) is 0.317. The summed E-state index contributed by atoms with van der Waals surface area (Å²) in [5.41, 5.74) is 1.20. The van der Waals surface area contributed by atoms with Crippen molar-refractivity contribution >= 4 is 11.3 Å². The quantitative estimate of drug-likeness (QED) is 0.480. The van der Waals surface area contributed by atoms with Crippen LogP contribution in [-0.2, 0) is 12.6 Å². The number of alkyl halides is 5. The van der Waals surface area contributed by atoms with E-state index in [-0.39, 0.29) is 11.1 Å². The van der Waals surface area contributed by atoms with Gasteiger partial charge >= 0.3 is 6.18 Å². The van der Waals surface area contributed by atoms with Crippen LogP contribution >= 0.6 is 0 Å². The van der Waals surface area contributed by atoms with Crippen LogP contribution in [0.3, 0.4) is 0 Å². The highest BCUT2D eigenvalue weighted by molar-refractivity contribution is 5.58. The topological polar surface area (TPSA) is 62.1 Å². The Balaban J connectivity index is 1.62. The molecule has 0 spiro atoms. The molecule has 4 aromatic rings. The molecule has 1 N–H and O–H groups in total. The van der Waals surface area contributed by atoms with Crippen molar-refractivity contribution in [1.29, 1.82) is 0 Å². The van der Waals surface area contributed by atoms with Crippen molar-refractivity contribution in [1.82, 2.24) is 24.6 Å². The van der Waals surface area contributed by atoms with Crippen LogP contribution in [0.1, 0.15) is 40.7 Å². The van der Waals surface area contributed by atoms with Crippen molar-refractivity contribution in [2.24, 2.45) is 0 Å². The van der Waals surface area contributed by atoms with Crippen LogP contribution in [0.5, 0.6) is 0 Å². The van der Waals surface area contributed by atoms with E-state index in [1.54, 1.807) is 17.2 Å². The first kappa shape index (κ1) is 19.5. The second kappa shape index (κ2) is 7.03. The molecule has 0 aromatic carbocycles. The maximum absolute atomic E-state index is 13.4. The Kier molecular flexibility index (Phi) is 4.42. The van der Waals surface area contributed by atoms with Crippen LogP contribution in [0, 0.1) is 0 Å². The summed E-state index contributed by atoms with van der Waals surface area (Å²) in [5, 5.41) is 4.47. The molecule has 6 nitrogen and oxygen atoms in total. The fourth-order valence-corrected chi connectivity index (χ4v) is 3.92. The normalized spacial score (nSPS) is 16.8. The highest BCUT2D eigenvalue weighted by atomic mass is 19.4. The SMILES string of the molecule is FC(F)c1cccn2nc([C@@H]3c4nc[nH]c4CCN3c3ccc(C(F)(F)F)cn3)cc12. The third-order valence-electron chi connectivity index (χ3n) is 5.36. The average molecular weight is 434 g/mol. The van der Waals surface area contributed by atoms with E-state index in [2.05, 4.69) is 20.1 Å². The van der Waals surface area contributed by atoms with Crippen LogP contribution in [0.25, 0.3) is 5.52 Å². The van der Waals surface area contributed by atoms with Gasteiger partial charge in [0.1, 0.15) is 11.9 Å². The summed E-state index contributed by atoms with van der Waals surface area (Å²) in [6.07, 6.45) is -2.71. The van der Waals surface area contributed by atoms with Crippen molar-refractivity contribution in [2.75, 3.05) is 11.4 Å². The Labute approximate surface area is 172 Å². The summed E-state index contributed by atoms with van der Waals surface area (Å²) in [6.45, 7) is 0.438. The molecule has 0 saturated carbocycles. The molecule has 0 aliphatic carbocycles. The first-order chi connectivity index (χ1) is 14.8. The number of H-pyrrole nitrogens is 1. The number of pyridine rings is 2. The molecule has 1 atom stereocenters. The molecule has 160 valence electrons. The molecule has 11 heteroatoms. The van der Waals surface area contributed by atoms with E-state index < -0.39 is 24.2 Å². The van der Waals surface area contributed by atoms with Crippen molar-refractivity contribution < 1.29 is 22.0 Å². The van der Waals surface area contributed by atoms with Gasteiger partial charge in [-0.15, -0.1) is 0 Å². The van der Waals surface area contributed by atoms with Gasteiger partial charge in [-0.1, -0.05) is 0 Å². The number of hydrogen-bond acceptors (Lipinski definition) is 4. The summed E-state index contributed by atoms with van der Waals surface area (Å²) in [7, 11) is 0. The molecule has 1 aliphatic heterocycles. The molecule has 5 rings (SSSR count). The van der Waals surface area contributed by atoms with E-state index >= 15 is 0 Å². The van der Waals surface area contributed by atoms with Crippen molar-refractivity contribution in [3.05, 3.63) is 77.3 Å². The predicted octanol–water partition coefficient (Wildman–Crippen LogP) is 4.56. The Hall–Kier alpha value is -3.50. The van der Waals surface area contributed by atoms with E-state index in [1.165, 1.54) is 29.0 Å². The van der Waals surface area contributed by atoms with Crippen LogP contribution in [0.4, 0.5) is 27.8 Å². The van der Waals surface area contributed by atoms with Gasteiger partial charge in [-0.25, -0.2) is 23.3 Å². The van der Waals surface area contributed by atoms with Gasteiger partial charge < -0.3 is 9.88 Å². The molecule has 0 radical (unpaired) electrons. The van der Waals surface area contributed by atoms with Crippen LogP contribution in [-0.4, -0.2) is 31.1 Å². The summed E-state index contributed by atoms with van der Waals surface area (Å²) >= 11 is 0. The average Bonchev–Trinajstić information content (AvgIpc) is 3.38. The van der Waals surface area contributed by atoms with Crippen molar-refractivity contribution in [3.63, 3.8) is 0 Å². The van der Waals surface area contributed by atoms with E-state index in [4.69, 9.17) is 0 Å². The van der Waals surface area contributed by atoms with Gasteiger partial charge in [0.15, 0.2) is 0 Å². The molecule has 0 bridgehead atoms. The summed E-state index contributed by atoms with van der Waals surface area (Å²) in [6, 6.07) is 6.06.